The van der Waals surface area contributed by atoms with Gasteiger partial charge in [-0.3, -0.25) is 25.0 Å². The average Bonchev–Trinajstić information content (AvgIpc) is 2.43. The maximum absolute atomic E-state index is 11.2. The minimum atomic E-state index is -0.703. The van der Waals surface area contributed by atoms with Gasteiger partial charge < -0.3 is 4.74 Å². The number of non-ortho nitro benzene ring substituents is 1. The lowest BCUT2D eigenvalue weighted by molar-refractivity contribution is -0.396. The number of nitro groups is 2. The molecule has 0 N–H and O–H groups in total. The molecule has 108 valence electrons. The predicted molar refractivity (Wildman–Crippen MR) is 74.7 cm³/mol. The second-order valence-electron chi connectivity index (χ2n) is 3.51. The van der Waals surface area contributed by atoms with Crippen LogP contribution in [0.4, 0.5) is 11.4 Å². The van der Waals surface area contributed by atoms with Gasteiger partial charge in [-0.15, -0.1) is 0 Å². The van der Waals surface area contributed by atoms with E-state index in [1.165, 1.54) is 19.2 Å². The molecule has 0 saturated heterocycles. The SMILES string of the molecule is COC(=O)[C@H](C)SSc1ccc([N+](=O)[O-])cc1[N+](=O)[O-]. The van der Waals surface area contributed by atoms with Crippen molar-refractivity contribution in [3.05, 3.63) is 38.4 Å². The molecule has 0 amide bonds. The van der Waals surface area contributed by atoms with Gasteiger partial charge in [-0.2, -0.15) is 0 Å². The number of nitro benzene ring substituents is 2. The van der Waals surface area contributed by atoms with Crippen LogP contribution in [0.1, 0.15) is 6.92 Å². The van der Waals surface area contributed by atoms with Crippen LogP contribution >= 0.6 is 21.6 Å². The van der Waals surface area contributed by atoms with Crippen LogP contribution in [0.5, 0.6) is 0 Å². The van der Waals surface area contributed by atoms with Gasteiger partial charge in [0, 0.05) is 6.07 Å². The highest BCUT2D eigenvalue weighted by atomic mass is 33.1. The van der Waals surface area contributed by atoms with E-state index in [-0.39, 0.29) is 16.3 Å². The summed E-state index contributed by atoms with van der Waals surface area (Å²) >= 11 is 0. The van der Waals surface area contributed by atoms with Crippen molar-refractivity contribution in [2.24, 2.45) is 0 Å². The summed E-state index contributed by atoms with van der Waals surface area (Å²) in [6, 6.07) is 3.36. The van der Waals surface area contributed by atoms with Crippen molar-refractivity contribution in [1.29, 1.82) is 0 Å². The fraction of sp³-hybridized carbons (Fsp3) is 0.300. The zero-order valence-corrected chi connectivity index (χ0v) is 12.1. The Labute approximate surface area is 121 Å². The monoisotopic (exact) mass is 318 g/mol. The van der Waals surface area contributed by atoms with E-state index in [1.807, 2.05) is 0 Å². The van der Waals surface area contributed by atoms with Crippen LogP contribution in [-0.4, -0.2) is 28.2 Å². The molecule has 0 radical (unpaired) electrons. The smallest absolute Gasteiger partial charge is 0.319 e. The van der Waals surface area contributed by atoms with E-state index in [0.717, 1.165) is 27.7 Å². The summed E-state index contributed by atoms with van der Waals surface area (Å²) in [5.41, 5.74) is -0.721. The quantitative estimate of drug-likeness (QED) is 0.340. The molecule has 10 heteroatoms. The normalized spacial score (nSPS) is 11.7. The summed E-state index contributed by atoms with van der Waals surface area (Å²) in [4.78, 5) is 31.5. The molecule has 0 fully saturated rings. The van der Waals surface area contributed by atoms with Crippen LogP contribution in [0, 0.1) is 20.2 Å². The van der Waals surface area contributed by atoms with E-state index < -0.39 is 21.1 Å². The van der Waals surface area contributed by atoms with Crippen molar-refractivity contribution in [2.45, 2.75) is 17.1 Å². The number of hydrogen-bond donors (Lipinski definition) is 0. The Bertz CT molecular complexity index is 551. The average molecular weight is 318 g/mol. The molecule has 0 saturated carbocycles. The molecule has 0 aliphatic carbocycles. The number of rotatable bonds is 6. The number of ether oxygens (including phenoxy) is 1. The molecule has 0 bridgehead atoms. The molecule has 1 rings (SSSR count). The van der Waals surface area contributed by atoms with Gasteiger partial charge in [-0.25, -0.2) is 0 Å². The maximum atomic E-state index is 11.2. The van der Waals surface area contributed by atoms with Crippen LogP contribution in [0.3, 0.4) is 0 Å². The Balaban J connectivity index is 2.92. The topological polar surface area (TPSA) is 113 Å². The largest absolute Gasteiger partial charge is 0.468 e. The molecule has 1 atom stereocenters. The van der Waals surface area contributed by atoms with Gasteiger partial charge in [0.15, 0.2) is 0 Å². The van der Waals surface area contributed by atoms with Crippen LogP contribution < -0.4 is 0 Å². The summed E-state index contributed by atoms with van der Waals surface area (Å²) in [5.74, 6) is -0.452. The summed E-state index contributed by atoms with van der Waals surface area (Å²) in [5, 5.41) is 21.0. The molecule has 20 heavy (non-hydrogen) atoms. The van der Waals surface area contributed by atoms with E-state index in [1.54, 1.807) is 6.92 Å². The minimum Gasteiger partial charge on any atom is -0.468 e. The number of carbonyl (C=O) groups excluding carboxylic acids is 1. The summed E-state index contributed by atoms with van der Waals surface area (Å²) < 4.78 is 4.53. The zero-order valence-electron chi connectivity index (χ0n) is 10.5. The standard InChI is InChI=1S/C10H10N2O6S2/c1-6(10(13)18-2)19-20-9-4-3-7(11(14)15)5-8(9)12(16)17/h3-6H,1-2H3/t6-/m0/s1. The Morgan fingerprint density at radius 1 is 1.30 bits per heavy atom. The van der Waals surface area contributed by atoms with Gasteiger partial charge in [0.2, 0.25) is 0 Å². The highest BCUT2D eigenvalue weighted by Crippen LogP contribution is 2.41. The van der Waals surface area contributed by atoms with Gasteiger partial charge in [-0.05, 0) is 23.8 Å². The first kappa shape index (κ1) is 16.2. The molecule has 0 spiro atoms. The molecule has 0 aliphatic rings. The Kier molecular flexibility index (Phi) is 5.77. The van der Waals surface area contributed by atoms with Crippen molar-refractivity contribution in [2.75, 3.05) is 7.11 Å². The Morgan fingerprint density at radius 3 is 2.45 bits per heavy atom. The van der Waals surface area contributed by atoms with Crippen molar-refractivity contribution >= 4 is 38.9 Å². The number of nitrogens with zero attached hydrogens (tertiary/aromatic N) is 2. The van der Waals surface area contributed by atoms with Crippen molar-refractivity contribution in [3.8, 4) is 0 Å². The zero-order chi connectivity index (χ0) is 15.3. The highest BCUT2D eigenvalue weighted by Gasteiger charge is 2.22. The molecule has 0 heterocycles. The first-order valence-electron chi connectivity index (χ1n) is 5.20. The number of hydrogen-bond acceptors (Lipinski definition) is 8. The van der Waals surface area contributed by atoms with Crippen molar-refractivity contribution in [3.63, 3.8) is 0 Å². The molecular weight excluding hydrogens is 308 g/mol. The number of esters is 1. The molecular formula is C10H10N2O6S2. The van der Waals surface area contributed by atoms with Gasteiger partial charge in [-0.1, -0.05) is 10.8 Å². The van der Waals surface area contributed by atoms with Crippen LogP contribution in [0.2, 0.25) is 0 Å². The molecule has 1 aromatic carbocycles. The van der Waals surface area contributed by atoms with Gasteiger partial charge in [0.05, 0.1) is 27.9 Å². The molecule has 1 aromatic rings. The predicted octanol–water partition coefficient (Wildman–Crippen LogP) is 2.80. The van der Waals surface area contributed by atoms with Crippen LogP contribution in [0.25, 0.3) is 0 Å². The molecule has 8 nitrogen and oxygen atoms in total. The Morgan fingerprint density at radius 2 is 1.95 bits per heavy atom. The fourth-order valence-electron chi connectivity index (χ4n) is 1.16. The van der Waals surface area contributed by atoms with Gasteiger partial charge >= 0.3 is 5.97 Å². The molecule has 0 aromatic heterocycles. The van der Waals surface area contributed by atoms with Crippen LogP contribution in [-0.2, 0) is 9.53 Å². The third-order valence-electron chi connectivity index (χ3n) is 2.17. The second kappa shape index (κ2) is 7.10. The number of methoxy groups -OCH3 is 1. The highest BCUT2D eigenvalue weighted by molar-refractivity contribution is 8.77. The van der Waals surface area contributed by atoms with E-state index >= 15 is 0 Å². The molecule has 0 unspecified atom stereocenters. The summed E-state index contributed by atoms with van der Waals surface area (Å²) in [7, 11) is 3.32. The summed E-state index contributed by atoms with van der Waals surface area (Å²) in [6.45, 7) is 1.60. The lowest BCUT2D eigenvalue weighted by Crippen LogP contribution is -2.13. The first-order valence-corrected chi connectivity index (χ1v) is 7.42. The van der Waals surface area contributed by atoms with E-state index in [0.29, 0.717) is 0 Å². The maximum Gasteiger partial charge on any atom is 0.319 e. The number of benzene rings is 1. The fourth-order valence-corrected chi connectivity index (χ4v) is 3.33. The van der Waals surface area contributed by atoms with Crippen molar-refractivity contribution < 1.29 is 19.4 Å². The summed E-state index contributed by atoms with van der Waals surface area (Å²) in [6.07, 6.45) is 0. The van der Waals surface area contributed by atoms with E-state index in [9.17, 15) is 25.0 Å². The first-order chi connectivity index (χ1) is 9.36. The van der Waals surface area contributed by atoms with Crippen molar-refractivity contribution in [1.82, 2.24) is 0 Å². The number of carbonyl (C=O) groups is 1. The Hall–Kier alpha value is -1.81. The molecule has 0 aliphatic heterocycles. The van der Waals surface area contributed by atoms with E-state index in [4.69, 9.17) is 0 Å². The second-order valence-corrected chi connectivity index (χ2v) is 6.09. The van der Waals surface area contributed by atoms with E-state index in [2.05, 4.69) is 4.74 Å². The lowest BCUT2D eigenvalue weighted by atomic mass is 10.3. The van der Waals surface area contributed by atoms with Gasteiger partial charge in [0.1, 0.15) is 5.25 Å². The van der Waals surface area contributed by atoms with Crippen LogP contribution in [0.15, 0.2) is 23.1 Å². The third kappa shape index (κ3) is 4.10. The third-order valence-corrected chi connectivity index (χ3v) is 4.96. The van der Waals surface area contributed by atoms with Gasteiger partial charge in [0.25, 0.3) is 11.4 Å². The lowest BCUT2D eigenvalue weighted by Gasteiger charge is -2.07. The minimum absolute atomic E-state index is 0.237.